The van der Waals surface area contributed by atoms with Crippen LogP contribution in [-0.4, -0.2) is 70.2 Å². The number of carbonyl (C=O) groups excluding carboxylic acids is 3. The Hall–Kier alpha value is -4.53. The topological polar surface area (TPSA) is 96.9 Å². The van der Waals surface area contributed by atoms with Gasteiger partial charge in [0.2, 0.25) is 0 Å². The summed E-state index contributed by atoms with van der Waals surface area (Å²) in [5.41, 5.74) is 3.47. The SMILES string of the molecule is CC(C)(C)OC(=O)c1c[nH]c(-c2ccc(-n3c(N4CCN(C(=O)OC(C)(C)C)CC4)c(C=O)c4ccccc43)cc2)c1. The molecule has 1 aliphatic rings. The first-order valence-electron chi connectivity index (χ1n) is 14.2. The fourth-order valence-electron chi connectivity index (χ4n) is 5.17. The fourth-order valence-corrected chi connectivity index (χ4v) is 5.17. The van der Waals surface area contributed by atoms with Crippen molar-refractivity contribution in [3.05, 3.63) is 71.9 Å². The minimum Gasteiger partial charge on any atom is -0.456 e. The maximum absolute atomic E-state index is 12.7. The number of hydrogen-bond acceptors (Lipinski definition) is 6. The molecule has 0 aliphatic carbocycles. The lowest BCUT2D eigenvalue weighted by atomic mass is 10.1. The molecule has 1 saturated heterocycles. The van der Waals surface area contributed by atoms with Crippen LogP contribution in [0.25, 0.3) is 27.8 Å². The van der Waals surface area contributed by atoms with Crippen LogP contribution in [0.15, 0.2) is 60.8 Å². The lowest BCUT2D eigenvalue weighted by Gasteiger charge is -2.37. The van der Waals surface area contributed by atoms with Crippen LogP contribution in [0.2, 0.25) is 0 Å². The summed E-state index contributed by atoms with van der Waals surface area (Å²) in [6.45, 7) is 13.2. The van der Waals surface area contributed by atoms with Crippen molar-refractivity contribution >= 4 is 35.1 Å². The van der Waals surface area contributed by atoms with Crippen LogP contribution < -0.4 is 4.90 Å². The summed E-state index contributed by atoms with van der Waals surface area (Å²) in [4.78, 5) is 44.7. The van der Waals surface area contributed by atoms with Crippen molar-refractivity contribution in [2.24, 2.45) is 0 Å². The highest BCUT2D eigenvalue weighted by Gasteiger charge is 2.30. The second-order valence-electron chi connectivity index (χ2n) is 12.5. The Morgan fingerprint density at radius 1 is 0.857 bits per heavy atom. The van der Waals surface area contributed by atoms with Crippen LogP contribution in [0.4, 0.5) is 10.6 Å². The Morgan fingerprint density at radius 2 is 1.50 bits per heavy atom. The van der Waals surface area contributed by atoms with Gasteiger partial charge >= 0.3 is 12.1 Å². The van der Waals surface area contributed by atoms with Gasteiger partial charge in [-0.15, -0.1) is 0 Å². The molecule has 1 N–H and O–H groups in total. The summed E-state index contributed by atoms with van der Waals surface area (Å²) in [7, 11) is 0. The molecule has 2 aromatic heterocycles. The molecule has 0 atom stereocenters. The number of nitrogens with one attached hydrogen (secondary N) is 1. The van der Waals surface area contributed by atoms with Gasteiger partial charge in [-0.05, 0) is 71.4 Å². The van der Waals surface area contributed by atoms with E-state index in [1.807, 2.05) is 90.1 Å². The van der Waals surface area contributed by atoms with Gasteiger partial charge < -0.3 is 24.3 Å². The number of piperazine rings is 1. The van der Waals surface area contributed by atoms with Crippen molar-refractivity contribution in [1.82, 2.24) is 14.5 Å². The number of benzene rings is 2. The Balaban J connectivity index is 1.45. The molecule has 1 amide bonds. The molecule has 5 rings (SSSR count). The quantitative estimate of drug-likeness (QED) is 0.219. The van der Waals surface area contributed by atoms with Gasteiger partial charge in [-0.1, -0.05) is 30.3 Å². The maximum Gasteiger partial charge on any atom is 0.410 e. The Morgan fingerprint density at radius 3 is 2.12 bits per heavy atom. The highest BCUT2D eigenvalue weighted by atomic mass is 16.6. The molecule has 0 saturated carbocycles. The van der Waals surface area contributed by atoms with Gasteiger partial charge in [-0.25, -0.2) is 9.59 Å². The van der Waals surface area contributed by atoms with Crippen molar-refractivity contribution in [1.29, 1.82) is 0 Å². The number of anilines is 1. The van der Waals surface area contributed by atoms with Crippen molar-refractivity contribution in [2.75, 3.05) is 31.1 Å². The van der Waals surface area contributed by atoms with Gasteiger partial charge in [0.25, 0.3) is 0 Å². The van der Waals surface area contributed by atoms with Crippen LogP contribution in [-0.2, 0) is 9.47 Å². The van der Waals surface area contributed by atoms with E-state index in [-0.39, 0.29) is 12.1 Å². The zero-order chi connectivity index (χ0) is 30.2. The van der Waals surface area contributed by atoms with E-state index in [1.54, 1.807) is 17.2 Å². The van der Waals surface area contributed by atoms with Crippen molar-refractivity contribution in [2.45, 2.75) is 52.7 Å². The van der Waals surface area contributed by atoms with Crippen molar-refractivity contribution in [3.63, 3.8) is 0 Å². The molecule has 9 heteroatoms. The van der Waals surface area contributed by atoms with Gasteiger partial charge in [0, 0.05) is 49.1 Å². The second kappa shape index (κ2) is 11.0. The fraction of sp³-hybridized carbons (Fsp3) is 0.364. The maximum atomic E-state index is 12.7. The molecule has 0 radical (unpaired) electrons. The summed E-state index contributed by atoms with van der Waals surface area (Å²) < 4.78 is 13.2. The molecular formula is C33H38N4O5. The summed E-state index contributed by atoms with van der Waals surface area (Å²) in [6, 6.07) is 17.6. The molecular weight excluding hydrogens is 532 g/mol. The second-order valence-corrected chi connectivity index (χ2v) is 12.5. The van der Waals surface area contributed by atoms with Crippen molar-refractivity contribution < 1.29 is 23.9 Å². The molecule has 0 unspecified atom stereocenters. The number of H-pyrrole nitrogens is 1. The first kappa shape index (κ1) is 29.0. The molecule has 1 aliphatic heterocycles. The number of aromatic nitrogens is 2. The third-order valence-electron chi connectivity index (χ3n) is 6.99. The van der Waals surface area contributed by atoms with E-state index in [0.717, 1.165) is 40.0 Å². The number of esters is 1. The van der Waals surface area contributed by atoms with E-state index >= 15 is 0 Å². The standard InChI is InChI=1S/C33H38N4O5/c1-32(2,3)41-30(39)23-19-27(34-20-23)22-11-13-24(14-12-22)37-28-10-8-7-9-25(28)26(21-38)29(37)35-15-17-36(18-16-35)31(40)42-33(4,5)6/h7-14,19-21,34H,15-18H2,1-6H3. The molecule has 42 heavy (non-hydrogen) atoms. The zero-order valence-corrected chi connectivity index (χ0v) is 25.1. The van der Waals surface area contributed by atoms with Gasteiger partial charge in [-0.2, -0.15) is 0 Å². The minimum absolute atomic E-state index is 0.326. The predicted molar refractivity (Wildman–Crippen MR) is 164 cm³/mol. The number of rotatable bonds is 5. The molecule has 1 fully saturated rings. The average Bonchev–Trinajstić information content (AvgIpc) is 3.55. The van der Waals surface area contributed by atoms with Gasteiger partial charge in [-0.3, -0.25) is 9.36 Å². The number of aldehydes is 1. The summed E-state index contributed by atoms with van der Waals surface area (Å²) in [5.74, 6) is 0.424. The number of carbonyl (C=O) groups is 3. The molecule has 0 spiro atoms. The summed E-state index contributed by atoms with van der Waals surface area (Å²) in [5, 5.41) is 0.868. The Bertz CT molecular complexity index is 1610. The van der Waals surface area contributed by atoms with Gasteiger partial charge in [0.15, 0.2) is 6.29 Å². The summed E-state index contributed by atoms with van der Waals surface area (Å²) >= 11 is 0. The summed E-state index contributed by atoms with van der Waals surface area (Å²) in [6.07, 6.45) is 2.25. The third-order valence-corrected chi connectivity index (χ3v) is 6.99. The molecule has 220 valence electrons. The predicted octanol–water partition coefficient (Wildman–Crippen LogP) is 6.45. The van der Waals surface area contributed by atoms with E-state index in [1.165, 1.54) is 0 Å². The van der Waals surface area contributed by atoms with E-state index in [9.17, 15) is 14.4 Å². The van der Waals surface area contributed by atoms with E-state index in [4.69, 9.17) is 9.47 Å². The molecule has 9 nitrogen and oxygen atoms in total. The molecule has 0 bridgehead atoms. The molecule has 2 aromatic carbocycles. The van der Waals surface area contributed by atoms with Gasteiger partial charge in [0.1, 0.15) is 17.0 Å². The number of para-hydroxylation sites is 1. The monoisotopic (exact) mass is 570 g/mol. The first-order valence-corrected chi connectivity index (χ1v) is 14.2. The number of hydrogen-bond donors (Lipinski definition) is 1. The number of fused-ring (bicyclic) bond motifs is 1. The van der Waals surface area contributed by atoms with E-state index < -0.39 is 11.2 Å². The lowest BCUT2D eigenvalue weighted by molar-refractivity contribution is 0.00689. The normalized spacial score (nSPS) is 14.2. The minimum atomic E-state index is -0.573. The average molecular weight is 571 g/mol. The Kier molecular flexibility index (Phi) is 7.62. The number of ether oxygens (including phenoxy) is 2. The highest BCUT2D eigenvalue weighted by molar-refractivity contribution is 6.05. The van der Waals surface area contributed by atoms with Crippen LogP contribution in [0.5, 0.6) is 0 Å². The van der Waals surface area contributed by atoms with Crippen LogP contribution in [0, 0.1) is 0 Å². The molecule has 3 heterocycles. The number of nitrogens with zero attached hydrogens (tertiary/aromatic N) is 3. The zero-order valence-electron chi connectivity index (χ0n) is 25.1. The number of aromatic amines is 1. The van der Waals surface area contributed by atoms with Crippen LogP contribution in [0.1, 0.15) is 62.3 Å². The molecule has 4 aromatic rings. The van der Waals surface area contributed by atoms with E-state index in [0.29, 0.717) is 37.3 Å². The van der Waals surface area contributed by atoms with Crippen molar-refractivity contribution in [3.8, 4) is 16.9 Å². The number of amides is 1. The largest absolute Gasteiger partial charge is 0.456 e. The lowest BCUT2D eigenvalue weighted by Crippen LogP contribution is -2.50. The van der Waals surface area contributed by atoms with Crippen LogP contribution in [0.3, 0.4) is 0 Å². The third kappa shape index (κ3) is 6.05. The Labute approximate surface area is 246 Å². The van der Waals surface area contributed by atoms with E-state index in [2.05, 4.69) is 14.5 Å². The first-order chi connectivity index (χ1) is 19.8. The highest BCUT2D eigenvalue weighted by Crippen LogP contribution is 2.36. The van der Waals surface area contributed by atoms with Gasteiger partial charge in [0.05, 0.1) is 16.6 Å². The van der Waals surface area contributed by atoms with Crippen LogP contribution >= 0.6 is 0 Å². The smallest absolute Gasteiger partial charge is 0.410 e.